The molecule has 3 heterocycles. The second kappa shape index (κ2) is 10.5. The summed E-state index contributed by atoms with van der Waals surface area (Å²) in [4.78, 5) is 33.0. The Labute approximate surface area is 213 Å². The quantitative estimate of drug-likeness (QED) is 0.499. The Hall–Kier alpha value is -3.10. The van der Waals surface area contributed by atoms with E-state index >= 15 is 0 Å². The Kier molecular flexibility index (Phi) is 7.16. The average Bonchev–Trinajstić information content (AvgIpc) is 3.35. The van der Waals surface area contributed by atoms with Crippen LogP contribution in [0.5, 0.6) is 0 Å². The summed E-state index contributed by atoms with van der Waals surface area (Å²) < 4.78 is 28.2. The number of halogens is 2. The van der Waals surface area contributed by atoms with Crippen LogP contribution in [0.15, 0.2) is 60.0 Å². The summed E-state index contributed by atoms with van der Waals surface area (Å²) in [6.45, 7) is 4.47. The van der Waals surface area contributed by atoms with Gasteiger partial charge in [0.1, 0.15) is 11.6 Å². The van der Waals surface area contributed by atoms with Crippen molar-refractivity contribution in [2.24, 2.45) is 0 Å². The molecule has 0 unspecified atom stereocenters. The second-order valence-corrected chi connectivity index (χ2v) is 10.5. The van der Waals surface area contributed by atoms with Gasteiger partial charge in [0, 0.05) is 50.1 Å². The maximum atomic E-state index is 14.1. The van der Waals surface area contributed by atoms with E-state index in [0.29, 0.717) is 32.6 Å². The first kappa shape index (κ1) is 24.6. The van der Waals surface area contributed by atoms with E-state index in [-0.39, 0.29) is 35.3 Å². The third-order valence-electron chi connectivity index (χ3n) is 7.19. The molecule has 0 N–H and O–H groups in total. The van der Waals surface area contributed by atoms with Gasteiger partial charge >= 0.3 is 0 Å². The molecule has 1 fully saturated rings. The fourth-order valence-corrected chi connectivity index (χ4v) is 6.25. The molecule has 0 saturated carbocycles. The topological polar surface area (TPSA) is 43.9 Å². The van der Waals surface area contributed by atoms with Crippen LogP contribution < -0.4 is 0 Å². The minimum atomic E-state index is -0.531. The monoisotopic (exact) mass is 509 g/mol. The van der Waals surface area contributed by atoms with Gasteiger partial charge in [-0.2, -0.15) is 0 Å². The lowest BCUT2D eigenvalue weighted by molar-refractivity contribution is -0.134. The van der Waals surface area contributed by atoms with Gasteiger partial charge < -0.3 is 9.80 Å². The van der Waals surface area contributed by atoms with Gasteiger partial charge in [0.05, 0.1) is 11.6 Å². The highest BCUT2D eigenvalue weighted by molar-refractivity contribution is 7.10. The summed E-state index contributed by atoms with van der Waals surface area (Å²) in [6, 6.07) is 14.5. The van der Waals surface area contributed by atoms with Crippen LogP contribution in [0.2, 0.25) is 0 Å². The zero-order valence-electron chi connectivity index (χ0n) is 20.2. The Morgan fingerprint density at radius 1 is 1.03 bits per heavy atom. The highest BCUT2D eigenvalue weighted by atomic mass is 32.1. The van der Waals surface area contributed by atoms with Crippen molar-refractivity contribution < 1.29 is 18.4 Å². The van der Waals surface area contributed by atoms with Gasteiger partial charge in [-0.25, -0.2) is 8.78 Å². The predicted molar refractivity (Wildman–Crippen MR) is 136 cm³/mol. The van der Waals surface area contributed by atoms with Gasteiger partial charge in [0.25, 0.3) is 5.91 Å². The molecule has 36 heavy (non-hydrogen) atoms. The van der Waals surface area contributed by atoms with Crippen molar-refractivity contribution in [1.82, 2.24) is 14.7 Å². The molecule has 0 aliphatic carbocycles. The SMILES string of the molecule is C[C@H]1CN(C(=O)CCN2CCc3sccc3[C@@H]2c2cccc(F)c2)CCN1C(=O)c1ccccc1F. The number of carbonyl (C=O) groups is 2. The van der Waals surface area contributed by atoms with Crippen molar-refractivity contribution in [3.8, 4) is 0 Å². The normalized spacial score (nSPS) is 20.3. The van der Waals surface area contributed by atoms with Gasteiger partial charge in [-0.3, -0.25) is 14.5 Å². The molecule has 5 nitrogen and oxygen atoms in total. The predicted octanol–water partition coefficient (Wildman–Crippen LogP) is 4.74. The van der Waals surface area contributed by atoms with E-state index in [1.54, 1.807) is 45.4 Å². The van der Waals surface area contributed by atoms with E-state index in [1.165, 1.54) is 28.6 Å². The molecule has 0 bridgehead atoms. The molecule has 2 atom stereocenters. The summed E-state index contributed by atoms with van der Waals surface area (Å²) in [5, 5.41) is 2.08. The first-order valence-corrected chi connectivity index (χ1v) is 13.2. The fraction of sp³-hybridized carbons (Fsp3) is 0.357. The standard InChI is InChI=1S/C28H29F2N3O2S/c1-19-18-32(14-15-33(19)28(35)22-7-2-3-8-24(22)30)26(34)10-13-31-12-9-25-23(11-16-36-25)27(31)20-5-4-6-21(29)17-20/h2-8,11,16-17,19,27H,9-10,12-15,18H2,1H3/t19-,27-/m0/s1. The molecule has 2 aliphatic heterocycles. The van der Waals surface area contributed by atoms with E-state index in [0.717, 1.165) is 18.5 Å². The van der Waals surface area contributed by atoms with Crippen molar-refractivity contribution in [3.05, 3.63) is 93.2 Å². The zero-order valence-corrected chi connectivity index (χ0v) is 21.0. The number of hydrogen-bond donors (Lipinski definition) is 0. The Bertz CT molecular complexity index is 1260. The van der Waals surface area contributed by atoms with Gasteiger partial charge in [-0.05, 0) is 60.2 Å². The van der Waals surface area contributed by atoms with Crippen molar-refractivity contribution >= 4 is 23.2 Å². The van der Waals surface area contributed by atoms with E-state index in [9.17, 15) is 18.4 Å². The van der Waals surface area contributed by atoms with Crippen LogP contribution in [-0.2, 0) is 11.2 Å². The maximum absolute atomic E-state index is 14.1. The molecule has 1 saturated heterocycles. The van der Waals surface area contributed by atoms with E-state index in [2.05, 4.69) is 16.3 Å². The number of thiophene rings is 1. The van der Waals surface area contributed by atoms with Gasteiger partial charge in [0.2, 0.25) is 5.91 Å². The molecular formula is C28H29F2N3O2S. The van der Waals surface area contributed by atoms with Crippen molar-refractivity contribution in [2.75, 3.05) is 32.7 Å². The van der Waals surface area contributed by atoms with Crippen molar-refractivity contribution in [1.29, 1.82) is 0 Å². The lowest BCUT2D eigenvalue weighted by atomic mass is 9.93. The summed E-state index contributed by atoms with van der Waals surface area (Å²) in [7, 11) is 0. The Morgan fingerprint density at radius 2 is 1.86 bits per heavy atom. The van der Waals surface area contributed by atoms with E-state index in [1.807, 2.05) is 13.0 Å². The fourth-order valence-electron chi connectivity index (χ4n) is 5.35. The largest absolute Gasteiger partial charge is 0.339 e. The molecular weight excluding hydrogens is 480 g/mol. The molecule has 0 spiro atoms. The number of nitrogens with zero attached hydrogens (tertiary/aromatic N) is 3. The summed E-state index contributed by atoms with van der Waals surface area (Å²) in [5.74, 6) is -1.10. The minimum absolute atomic E-state index is 0.0361. The van der Waals surface area contributed by atoms with Crippen LogP contribution >= 0.6 is 11.3 Å². The Morgan fingerprint density at radius 3 is 2.64 bits per heavy atom. The van der Waals surface area contributed by atoms with Crippen molar-refractivity contribution in [3.63, 3.8) is 0 Å². The van der Waals surface area contributed by atoms with Gasteiger partial charge in [-0.15, -0.1) is 11.3 Å². The summed E-state index contributed by atoms with van der Waals surface area (Å²) in [6.07, 6.45) is 1.26. The molecule has 0 radical (unpaired) electrons. The van der Waals surface area contributed by atoms with E-state index < -0.39 is 5.82 Å². The molecule has 2 aliphatic rings. The minimum Gasteiger partial charge on any atom is -0.339 e. The number of rotatable bonds is 5. The molecule has 188 valence electrons. The summed E-state index contributed by atoms with van der Waals surface area (Å²) in [5.41, 5.74) is 2.15. The molecule has 3 aromatic rings. The first-order valence-electron chi connectivity index (χ1n) is 12.3. The molecule has 2 aromatic carbocycles. The van der Waals surface area contributed by atoms with Crippen LogP contribution in [0.1, 0.15) is 45.7 Å². The number of benzene rings is 2. The highest BCUT2D eigenvalue weighted by Crippen LogP contribution is 2.38. The molecule has 5 rings (SSSR count). The molecule has 8 heteroatoms. The molecule has 1 aromatic heterocycles. The lowest BCUT2D eigenvalue weighted by Crippen LogP contribution is -2.55. The number of piperazine rings is 1. The lowest BCUT2D eigenvalue weighted by Gasteiger charge is -2.41. The highest BCUT2D eigenvalue weighted by Gasteiger charge is 2.33. The first-order chi connectivity index (χ1) is 17.4. The smallest absolute Gasteiger partial charge is 0.257 e. The average molecular weight is 510 g/mol. The zero-order chi connectivity index (χ0) is 25.2. The van der Waals surface area contributed by atoms with Crippen molar-refractivity contribution in [2.45, 2.75) is 31.8 Å². The number of hydrogen-bond acceptors (Lipinski definition) is 4. The number of carbonyl (C=O) groups excluding carboxylic acids is 2. The maximum Gasteiger partial charge on any atom is 0.257 e. The van der Waals surface area contributed by atoms with Gasteiger partial charge in [-0.1, -0.05) is 24.3 Å². The van der Waals surface area contributed by atoms with Crippen LogP contribution in [-0.4, -0.2) is 65.3 Å². The number of amides is 2. The van der Waals surface area contributed by atoms with Crippen LogP contribution in [0.3, 0.4) is 0 Å². The summed E-state index contributed by atoms with van der Waals surface area (Å²) >= 11 is 1.73. The van der Waals surface area contributed by atoms with E-state index in [4.69, 9.17) is 0 Å². The third kappa shape index (κ3) is 4.92. The number of fused-ring (bicyclic) bond motifs is 1. The van der Waals surface area contributed by atoms with Crippen LogP contribution in [0.4, 0.5) is 8.78 Å². The van der Waals surface area contributed by atoms with Gasteiger partial charge in [0.15, 0.2) is 0 Å². The second-order valence-electron chi connectivity index (χ2n) is 9.46. The molecule has 2 amide bonds. The van der Waals surface area contributed by atoms with Crippen LogP contribution in [0, 0.1) is 11.6 Å². The Balaban J connectivity index is 1.23. The van der Waals surface area contributed by atoms with Crippen LogP contribution in [0.25, 0.3) is 0 Å². The third-order valence-corrected chi connectivity index (χ3v) is 8.18.